The third kappa shape index (κ3) is 10.1. The van der Waals surface area contributed by atoms with Gasteiger partial charge in [-0.15, -0.1) is 0 Å². The molecule has 0 aromatic rings. The summed E-state index contributed by atoms with van der Waals surface area (Å²) < 4.78 is 0. The highest BCUT2D eigenvalue weighted by Gasteiger charge is 2.17. The molecule has 1 atom stereocenters. The zero-order valence-electron chi connectivity index (χ0n) is 11.6. The van der Waals surface area contributed by atoms with Crippen molar-refractivity contribution in [1.29, 1.82) is 0 Å². The molecule has 106 valence electrons. The highest BCUT2D eigenvalue weighted by atomic mass is 16.2. The lowest BCUT2D eigenvalue weighted by Crippen LogP contribution is -2.28. The molecule has 0 bridgehead atoms. The number of amides is 2. The summed E-state index contributed by atoms with van der Waals surface area (Å²) in [5.41, 5.74) is 10.3. The lowest BCUT2D eigenvalue weighted by Gasteiger charge is -2.10. The lowest BCUT2D eigenvalue weighted by molar-refractivity contribution is -0.127. The number of rotatable bonds is 12. The average Bonchev–Trinajstić information content (AvgIpc) is 2.30. The predicted octanol–water partition coefficient (Wildman–Crippen LogP) is 2.49. The Hall–Kier alpha value is -1.06. The minimum atomic E-state index is -0.446. The van der Waals surface area contributed by atoms with Crippen LogP contribution in [0.1, 0.15) is 71.1 Å². The normalized spacial score (nSPS) is 12.3. The van der Waals surface area contributed by atoms with Crippen molar-refractivity contribution in [1.82, 2.24) is 0 Å². The summed E-state index contributed by atoms with van der Waals surface area (Å²) >= 11 is 0. The van der Waals surface area contributed by atoms with Gasteiger partial charge in [0.1, 0.15) is 0 Å². The van der Waals surface area contributed by atoms with E-state index in [1.54, 1.807) is 0 Å². The van der Waals surface area contributed by atoms with Gasteiger partial charge in [0, 0.05) is 12.3 Å². The van der Waals surface area contributed by atoms with Crippen LogP contribution in [0.4, 0.5) is 0 Å². The molecule has 1 unspecified atom stereocenters. The fraction of sp³-hybridized carbons (Fsp3) is 0.857. The van der Waals surface area contributed by atoms with E-state index in [2.05, 4.69) is 6.92 Å². The second-order valence-electron chi connectivity index (χ2n) is 5.03. The Labute approximate surface area is 110 Å². The number of primary amides is 2. The summed E-state index contributed by atoms with van der Waals surface area (Å²) in [5, 5.41) is 0. The van der Waals surface area contributed by atoms with E-state index in [1.165, 1.54) is 38.5 Å². The Morgan fingerprint density at radius 3 is 1.83 bits per heavy atom. The summed E-state index contributed by atoms with van der Waals surface area (Å²) in [6.45, 7) is 2.21. The molecule has 4 heteroatoms. The van der Waals surface area contributed by atoms with Crippen molar-refractivity contribution in [2.24, 2.45) is 17.4 Å². The number of carbonyl (C=O) groups is 2. The number of unbranched alkanes of at least 4 members (excludes halogenated alkanes) is 7. The molecule has 0 saturated carbocycles. The molecule has 0 aromatic heterocycles. The van der Waals surface area contributed by atoms with Gasteiger partial charge in [-0.3, -0.25) is 9.59 Å². The molecule has 0 aliphatic rings. The van der Waals surface area contributed by atoms with Gasteiger partial charge in [-0.2, -0.15) is 0 Å². The first kappa shape index (κ1) is 16.9. The van der Waals surface area contributed by atoms with E-state index in [0.717, 1.165) is 12.8 Å². The molecule has 0 aliphatic carbocycles. The van der Waals surface area contributed by atoms with Crippen LogP contribution in [0.5, 0.6) is 0 Å². The van der Waals surface area contributed by atoms with Crippen molar-refractivity contribution >= 4 is 11.8 Å². The molecule has 4 nitrogen and oxygen atoms in total. The zero-order valence-corrected chi connectivity index (χ0v) is 11.6. The summed E-state index contributed by atoms with van der Waals surface area (Å²) in [5.74, 6) is -1.22. The first-order valence-corrected chi connectivity index (χ1v) is 7.15. The lowest BCUT2D eigenvalue weighted by atomic mass is 9.96. The standard InChI is InChI=1S/C14H28N2O2/c1-2-3-4-5-6-7-8-9-10-12(14(16)18)11-13(15)17/h12H,2-11H2,1H3,(H2,15,17)(H2,16,18). The molecular weight excluding hydrogens is 228 g/mol. The highest BCUT2D eigenvalue weighted by Crippen LogP contribution is 2.15. The Morgan fingerprint density at radius 1 is 0.889 bits per heavy atom. The van der Waals surface area contributed by atoms with E-state index in [9.17, 15) is 9.59 Å². The van der Waals surface area contributed by atoms with Crippen LogP contribution in [-0.4, -0.2) is 11.8 Å². The molecule has 18 heavy (non-hydrogen) atoms. The fourth-order valence-corrected chi connectivity index (χ4v) is 2.11. The average molecular weight is 256 g/mol. The first-order valence-electron chi connectivity index (χ1n) is 7.15. The Balaban J connectivity index is 3.49. The molecule has 0 rings (SSSR count). The zero-order chi connectivity index (χ0) is 13.8. The number of hydrogen-bond acceptors (Lipinski definition) is 2. The van der Waals surface area contributed by atoms with E-state index < -0.39 is 11.8 Å². The van der Waals surface area contributed by atoms with Gasteiger partial charge in [-0.25, -0.2) is 0 Å². The summed E-state index contributed by atoms with van der Waals surface area (Å²) in [6, 6.07) is 0. The maximum absolute atomic E-state index is 11.1. The van der Waals surface area contributed by atoms with Crippen molar-refractivity contribution in [3.63, 3.8) is 0 Å². The first-order chi connectivity index (χ1) is 8.57. The minimum Gasteiger partial charge on any atom is -0.370 e. The van der Waals surface area contributed by atoms with Gasteiger partial charge in [0.25, 0.3) is 0 Å². The van der Waals surface area contributed by atoms with Crippen LogP contribution in [0, 0.1) is 5.92 Å². The smallest absolute Gasteiger partial charge is 0.221 e. The van der Waals surface area contributed by atoms with E-state index in [4.69, 9.17) is 11.5 Å². The summed E-state index contributed by atoms with van der Waals surface area (Å²) in [6.07, 6.45) is 10.5. The Kier molecular flexibility index (Phi) is 10.4. The molecule has 0 saturated heterocycles. The van der Waals surface area contributed by atoms with Crippen LogP contribution in [0.15, 0.2) is 0 Å². The maximum Gasteiger partial charge on any atom is 0.221 e. The summed E-state index contributed by atoms with van der Waals surface area (Å²) in [4.78, 5) is 21.9. The van der Waals surface area contributed by atoms with Gasteiger partial charge in [-0.05, 0) is 6.42 Å². The Bertz CT molecular complexity index is 242. The molecule has 4 N–H and O–H groups in total. The van der Waals surface area contributed by atoms with Crippen LogP contribution in [0.25, 0.3) is 0 Å². The van der Waals surface area contributed by atoms with Crippen LogP contribution in [-0.2, 0) is 9.59 Å². The third-order valence-corrected chi connectivity index (χ3v) is 3.26. The van der Waals surface area contributed by atoms with Gasteiger partial charge < -0.3 is 11.5 Å². The van der Waals surface area contributed by atoms with Crippen molar-refractivity contribution in [2.45, 2.75) is 71.1 Å². The van der Waals surface area contributed by atoms with Gasteiger partial charge in [-0.1, -0.05) is 58.3 Å². The van der Waals surface area contributed by atoms with Crippen molar-refractivity contribution in [2.75, 3.05) is 0 Å². The van der Waals surface area contributed by atoms with Crippen molar-refractivity contribution in [3.8, 4) is 0 Å². The number of nitrogens with two attached hydrogens (primary N) is 2. The van der Waals surface area contributed by atoms with Crippen molar-refractivity contribution < 1.29 is 9.59 Å². The van der Waals surface area contributed by atoms with E-state index >= 15 is 0 Å². The van der Waals surface area contributed by atoms with E-state index in [0.29, 0.717) is 6.42 Å². The molecule has 0 heterocycles. The van der Waals surface area contributed by atoms with Crippen LogP contribution < -0.4 is 11.5 Å². The SMILES string of the molecule is CCCCCCCCCCC(CC(N)=O)C(N)=O. The van der Waals surface area contributed by atoms with Crippen LogP contribution >= 0.6 is 0 Å². The van der Waals surface area contributed by atoms with Gasteiger partial charge in [0.2, 0.25) is 11.8 Å². The predicted molar refractivity (Wildman–Crippen MR) is 73.7 cm³/mol. The van der Waals surface area contributed by atoms with Gasteiger partial charge in [0.05, 0.1) is 0 Å². The largest absolute Gasteiger partial charge is 0.370 e. The fourth-order valence-electron chi connectivity index (χ4n) is 2.11. The number of carbonyl (C=O) groups excluding carboxylic acids is 2. The quantitative estimate of drug-likeness (QED) is 0.526. The highest BCUT2D eigenvalue weighted by molar-refractivity contribution is 5.83. The molecule has 0 aromatic carbocycles. The molecular formula is C14H28N2O2. The molecule has 0 radical (unpaired) electrons. The third-order valence-electron chi connectivity index (χ3n) is 3.26. The maximum atomic E-state index is 11.1. The molecule has 0 fully saturated rings. The second kappa shape index (κ2) is 11.1. The number of hydrogen-bond donors (Lipinski definition) is 2. The monoisotopic (exact) mass is 256 g/mol. The Morgan fingerprint density at radius 2 is 1.39 bits per heavy atom. The van der Waals surface area contributed by atoms with E-state index in [-0.39, 0.29) is 12.3 Å². The van der Waals surface area contributed by atoms with Crippen LogP contribution in [0.2, 0.25) is 0 Å². The van der Waals surface area contributed by atoms with Gasteiger partial charge >= 0.3 is 0 Å². The van der Waals surface area contributed by atoms with E-state index in [1.807, 2.05) is 0 Å². The molecule has 0 spiro atoms. The van der Waals surface area contributed by atoms with Gasteiger partial charge in [0.15, 0.2) is 0 Å². The summed E-state index contributed by atoms with van der Waals surface area (Å²) in [7, 11) is 0. The van der Waals surface area contributed by atoms with Crippen LogP contribution in [0.3, 0.4) is 0 Å². The topological polar surface area (TPSA) is 86.2 Å². The molecule has 2 amide bonds. The minimum absolute atomic E-state index is 0.0891. The van der Waals surface area contributed by atoms with Crippen molar-refractivity contribution in [3.05, 3.63) is 0 Å². The second-order valence-corrected chi connectivity index (χ2v) is 5.03. The molecule has 0 aliphatic heterocycles.